The van der Waals surface area contributed by atoms with Crippen LogP contribution in [-0.4, -0.2) is 26.7 Å². The number of halogens is 1. The van der Waals surface area contributed by atoms with E-state index in [0.29, 0.717) is 0 Å². The highest BCUT2D eigenvalue weighted by Crippen LogP contribution is 2.15. The smallest absolute Gasteiger partial charge is 0.295 e. The van der Waals surface area contributed by atoms with Crippen LogP contribution >= 0.6 is 11.6 Å². The van der Waals surface area contributed by atoms with Crippen molar-refractivity contribution in [3.05, 3.63) is 16.0 Å². The van der Waals surface area contributed by atoms with E-state index in [1.165, 1.54) is 0 Å². The van der Waals surface area contributed by atoms with Crippen molar-refractivity contribution in [2.45, 2.75) is 26.2 Å². The number of carbonyl (C=O) groups excluding carboxylic acids is 1. The van der Waals surface area contributed by atoms with Gasteiger partial charge in [-0.05, 0) is 0 Å². The van der Waals surface area contributed by atoms with Crippen LogP contribution in [0.1, 0.15) is 26.5 Å². The second kappa shape index (κ2) is 5.21. The first-order valence-electron chi connectivity index (χ1n) is 5.13. The van der Waals surface area contributed by atoms with Gasteiger partial charge in [-0.2, -0.15) is 4.68 Å². The van der Waals surface area contributed by atoms with Gasteiger partial charge in [0.25, 0.3) is 17.4 Å². The maximum atomic E-state index is 11.9. The third-order valence-corrected chi connectivity index (χ3v) is 2.28. The SMILES string of the molecule is CC(C)(C)c1nnc(NNC(=O)CCl)n(N)c1=O. The number of nitrogens with zero attached hydrogens (tertiary/aromatic N) is 3. The van der Waals surface area contributed by atoms with Crippen LogP contribution in [0.15, 0.2) is 4.79 Å². The number of hydrazine groups is 1. The van der Waals surface area contributed by atoms with E-state index in [9.17, 15) is 9.59 Å². The number of rotatable bonds is 3. The quantitative estimate of drug-likeness (QED) is 0.383. The summed E-state index contributed by atoms with van der Waals surface area (Å²) in [7, 11) is 0. The van der Waals surface area contributed by atoms with E-state index in [1.54, 1.807) is 0 Å². The summed E-state index contributed by atoms with van der Waals surface area (Å²) in [5.41, 5.74) is 3.86. The zero-order valence-corrected chi connectivity index (χ0v) is 11.1. The number of carbonyl (C=O) groups is 1. The van der Waals surface area contributed by atoms with Crippen LogP contribution in [0.4, 0.5) is 5.95 Å². The van der Waals surface area contributed by atoms with Crippen LogP contribution in [0.25, 0.3) is 0 Å². The molecule has 9 heteroatoms. The van der Waals surface area contributed by atoms with Crippen LogP contribution in [0, 0.1) is 0 Å². The topological polar surface area (TPSA) is 115 Å². The van der Waals surface area contributed by atoms with E-state index in [1.807, 2.05) is 20.8 Å². The monoisotopic (exact) mass is 274 g/mol. The van der Waals surface area contributed by atoms with Gasteiger partial charge in [-0.25, -0.2) is 0 Å². The van der Waals surface area contributed by atoms with Crippen LogP contribution in [-0.2, 0) is 10.2 Å². The molecule has 0 fully saturated rings. The molecule has 0 spiro atoms. The molecule has 100 valence electrons. The van der Waals surface area contributed by atoms with Gasteiger partial charge in [0, 0.05) is 5.41 Å². The first-order chi connectivity index (χ1) is 8.27. The highest BCUT2D eigenvalue weighted by Gasteiger charge is 2.22. The van der Waals surface area contributed by atoms with Gasteiger partial charge < -0.3 is 5.84 Å². The van der Waals surface area contributed by atoms with E-state index in [4.69, 9.17) is 17.4 Å². The second-order valence-electron chi connectivity index (χ2n) is 4.60. The fourth-order valence-electron chi connectivity index (χ4n) is 1.11. The van der Waals surface area contributed by atoms with Crippen LogP contribution in [0.2, 0.25) is 0 Å². The van der Waals surface area contributed by atoms with Gasteiger partial charge in [0.2, 0.25) is 0 Å². The van der Waals surface area contributed by atoms with Gasteiger partial charge in [-0.3, -0.25) is 20.4 Å². The lowest BCUT2D eigenvalue weighted by Gasteiger charge is -2.17. The predicted octanol–water partition coefficient (Wildman–Crippen LogP) is -0.668. The Balaban J connectivity index is 3.02. The zero-order valence-electron chi connectivity index (χ0n) is 10.3. The van der Waals surface area contributed by atoms with Crippen molar-refractivity contribution in [1.29, 1.82) is 0 Å². The summed E-state index contributed by atoms with van der Waals surface area (Å²) >= 11 is 5.29. The lowest BCUT2D eigenvalue weighted by Crippen LogP contribution is -2.41. The number of hydrogen-bond donors (Lipinski definition) is 3. The number of hydrogen-bond acceptors (Lipinski definition) is 6. The Hall–Kier alpha value is -1.83. The lowest BCUT2D eigenvalue weighted by atomic mass is 9.93. The molecule has 8 nitrogen and oxygen atoms in total. The average molecular weight is 275 g/mol. The molecule has 0 saturated carbocycles. The molecular weight excluding hydrogens is 260 g/mol. The van der Waals surface area contributed by atoms with E-state index in [0.717, 1.165) is 4.68 Å². The standard InChI is InChI=1S/C9H15ClN6O2/c1-9(2,3)6-7(18)16(11)8(15-13-6)14-12-5(17)4-10/h4,11H2,1-3H3,(H,12,17)(H,14,15). The summed E-state index contributed by atoms with van der Waals surface area (Å²) in [5.74, 6) is 4.78. The molecule has 1 amide bonds. The van der Waals surface area contributed by atoms with Gasteiger partial charge in [-0.1, -0.05) is 20.8 Å². The number of nitrogens with one attached hydrogen (secondary N) is 2. The minimum atomic E-state index is -0.486. The van der Waals surface area contributed by atoms with Crippen LogP contribution in [0.5, 0.6) is 0 Å². The molecular formula is C9H15ClN6O2. The molecule has 0 aromatic carbocycles. The summed E-state index contributed by atoms with van der Waals surface area (Å²) in [6.07, 6.45) is 0. The molecule has 0 radical (unpaired) electrons. The largest absolute Gasteiger partial charge is 0.333 e. The lowest BCUT2D eigenvalue weighted by molar-refractivity contribution is -0.118. The molecule has 0 aliphatic rings. The van der Waals surface area contributed by atoms with Crippen molar-refractivity contribution in [3.63, 3.8) is 0 Å². The van der Waals surface area contributed by atoms with Crippen molar-refractivity contribution in [3.8, 4) is 0 Å². The van der Waals surface area contributed by atoms with Gasteiger partial charge in [0.1, 0.15) is 11.6 Å². The summed E-state index contributed by atoms with van der Waals surface area (Å²) in [4.78, 5) is 22.8. The second-order valence-corrected chi connectivity index (χ2v) is 4.87. The van der Waals surface area contributed by atoms with Crippen molar-refractivity contribution in [1.82, 2.24) is 20.3 Å². The summed E-state index contributed by atoms with van der Waals surface area (Å²) in [5, 5.41) is 7.53. The Bertz CT molecular complexity index is 507. The van der Waals surface area contributed by atoms with Gasteiger partial charge in [-0.15, -0.1) is 21.8 Å². The van der Waals surface area contributed by atoms with E-state index >= 15 is 0 Å². The molecule has 1 rings (SSSR count). The van der Waals surface area contributed by atoms with Crippen molar-refractivity contribution < 1.29 is 4.79 Å². The molecule has 0 unspecified atom stereocenters. The molecule has 0 saturated heterocycles. The highest BCUT2D eigenvalue weighted by atomic mass is 35.5. The van der Waals surface area contributed by atoms with Crippen molar-refractivity contribution >= 4 is 23.5 Å². The van der Waals surface area contributed by atoms with Gasteiger partial charge >= 0.3 is 0 Å². The summed E-state index contributed by atoms with van der Waals surface area (Å²) in [6, 6.07) is 0. The molecule has 4 N–H and O–H groups in total. The highest BCUT2D eigenvalue weighted by molar-refractivity contribution is 6.27. The fraction of sp³-hybridized carbons (Fsp3) is 0.556. The summed E-state index contributed by atoms with van der Waals surface area (Å²) < 4.78 is 0.780. The number of amides is 1. The van der Waals surface area contributed by atoms with E-state index in [2.05, 4.69) is 21.0 Å². The number of alkyl halides is 1. The Morgan fingerprint density at radius 3 is 2.56 bits per heavy atom. The van der Waals surface area contributed by atoms with E-state index in [-0.39, 0.29) is 17.5 Å². The Morgan fingerprint density at radius 1 is 1.44 bits per heavy atom. The normalized spacial score (nSPS) is 11.1. The third-order valence-electron chi connectivity index (χ3n) is 2.04. The summed E-state index contributed by atoms with van der Waals surface area (Å²) in [6.45, 7) is 5.46. The van der Waals surface area contributed by atoms with Crippen LogP contribution in [0.3, 0.4) is 0 Å². The average Bonchev–Trinajstić information content (AvgIpc) is 2.28. The molecule has 0 aliphatic heterocycles. The predicted molar refractivity (Wildman–Crippen MR) is 67.6 cm³/mol. The molecule has 0 atom stereocenters. The number of nitrogen functional groups attached to an aromatic ring is 1. The van der Waals surface area contributed by atoms with Crippen LogP contribution < -0.4 is 22.3 Å². The fourth-order valence-corrected chi connectivity index (χ4v) is 1.18. The van der Waals surface area contributed by atoms with Gasteiger partial charge in [0.15, 0.2) is 0 Å². The first kappa shape index (κ1) is 14.2. The minimum absolute atomic E-state index is 0.0773. The molecule has 0 bridgehead atoms. The number of aromatic nitrogens is 3. The zero-order chi connectivity index (χ0) is 13.9. The maximum Gasteiger partial charge on any atom is 0.295 e. The molecule has 1 aromatic rings. The number of anilines is 1. The van der Waals surface area contributed by atoms with E-state index < -0.39 is 16.9 Å². The van der Waals surface area contributed by atoms with Crippen molar-refractivity contribution in [2.24, 2.45) is 0 Å². The number of nitrogens with two attached hydrogens (primary N) is 1. The maximum absolute atomic E-state index is 11.9. The van der Waals surface area contributed by atoms with Crippen molar-refractivity contribution in [2.75, 3.05) is 17.1 Å². The Kier molecular flexibility index (Phi) is 4.12. The van der Waals surface area contributed by atoms with Gasteiger partial charge in [0.05, 0.1) is 0 Å². The Labute approximate surface area is 108 Å². The first-order valence-corrected chi connectivity index (χ1v) is 5.67. The third kappa shape index (κ3) is 3.10. The molecule has 18 heavy (non-hydrogen) atoms. The molecule has 1 heterocycles. The molecule has 1 aromatic heterocycles. The Morgan fingerprint density at radius 2 is 2.06 bits per heavy atom. The molecule has 0 aliphatic carbocycles. The minimum Gasteiger partial charge on any atom is -0.333 e.